The van der Waals surface area contributed by atoms with Crippen molar-refractivity contribution in [2.24, 2.45) is 10.9 Å². The normalized spacial score (nSPS) is 23.7. The van der Waals surface area contributed by atoms with Gasteiger partial charge in [0.2, 0.25) is 6.43 Å². The summed E-state index contributed by atoms with van der Waals surface area (Å²) in [6, 6.07) is 5.83. The Morgan fingerprint density at radius 1 is 1.31 bits per heavy atom. The van der Waals surface area contributed by atoms with Crippen molar-refractivity contribution < 1.29 is 8.78 Å². The molecule has 0 bridgehead atoms. The van der Waals surface area contributed by atoms with Gasteiger partial charge in [0.05, 0.1) is 5.70 Å². The Kier molecular flexibility index (Phi) is 8.45. The lowest BCUT2D eigenvalue weighted by molar-refractivity contribution is 0.120. The van der Waals surface area contributed by atoms with E-state index in [1.54, 1.807) is 18.7 Å². The zero-order valence-electron chi connectivity index (χ0n) is 18.2. The van der Waals surface area contributed by atoms with Crippen LogP contribution in [0.5, 0.6) is 0 Å². The van der Waals surface area contributed by atoms with Gasteiger partial charge in [-0.1, -0.05) is 57.7 Å². The first-order valence-electron chi connectivity index (χ1n) is 10.3. The molecule has 1 aromatic rings. The van der Waals surface area contributed by atoms with Gasteiger partial charge in [0, 0.05) is 27.7 Å². The zero-order chi connectivity index (χ0) is 21.7. The summed E-state index contributed by atoms with van der Waals surface area (Å²) in [6.45, 7) is 18.2. The molecule has 0 saturated carbocycles. The first kappa shape index (κ1) is 23.6. The standard InChI is InChI=1S/C25H33F2NS/c1-8-9-11-17(5)28-19(7)21-14-16(4)23-20(18(6)25(26)27)12-10-13-22(23)29-24(21)15(2)3/h9-13,16,18,21,24-25H,2,5,8,14H2,1,3-4,6-7H3/b11-9-,28-19?. The fraction of sp³-hybridized carbons (Fsp3) is 0.480. The Balaban J connectivity index is 2.48. The first-order chi connectivity index (χ1) is 13.7. The van der Waals surface area contributed by atoms with E-state index < -0.39 is 12.3 Å². The second kappa shape index (κ2) is 10.4. The number of hydrogen-bond acceptors (Lipinski definition) is 2. The van der Waals surface area contributed by atoms with Gasteiger partial charge in [0.25, 0.3) is 0 Å². The Bertz CT molecular complexity index is 809. The summed E-state index contributed by atoms with van der Waals surface area (Å²) in [4.78, 5) is 5.85. The van der Waals surface area contributed by atoms with E-state index in [0.717, 1.165) is 45.8 Å². The molecule has 0 aliphatic carbocycles. The van der Waals surface area contributed by atoms with E-state index in [2.05, 4.69) is 40.0 Å². The van der Waals surface area contributed by atoms with Gasteiger partial charge in [-0.25, -0.2) is 8.78 Å². The van der Waals surface area contributed by atoms with Crippen LogP contribution in [0.25, 0.3) is 0 Å². The highest BCUT2D eigenvalue weighted by atomic mass is 32.2. The van der Waals surface area contributed by atoms with Crippen LogP contribution in [-0.4, -0.2) is 17.4 Å². The number of aliphatic imine (C=N–C) groups is 1. The van der Waals surface area contributed by atoms with Crippen molar-refractivity contribution in [3.63, 3.8) is 0 Å². The van der Waals surface area contributed by atoms with Crippen molar-refractivity contribution in [2.75, 3.05) is 0 Å². The van der Waals surface area contributed by atoms with Crippen molar-refractivity contribution in [3.05, 3.63) is 65.9 Å². The topological polar surface area (TPSA) is 12.4 Å². The van der Waals surface area contributed by atoms with E-state index >= 15 is 0 Å². The van der Waals surface area contributed by atoms with Crippen LogP contribution in [0.1, 0.15) is 70.4 Å². The minimum Gasteiger partial charge on any atom is -0.258 e. The molecule has 29 heavy (non-hydrogen) atoms. The van der Waals surface area contributed by atoms with Gasteiger partial charge >= 0.3 is 0 Å². The van der Waals surface area contributed by atoms with Gasteiger partial charge in [0.15, 0.2) is 0 Å². The smallest absolute Gasteiger partial charge is 0.245 e. The Morgan fingerprint density at radius 2 is 2.00 bits per heavy atom. The van der Waals surface area contributed by atoms with E-state index in [-0.39, 0.29) is 17.1 Å². The molecular formula is C25H33F2NS. The molecule has 2 rings (SSSR count). The molecule has 158 valence electrons. The molecule has 0 radical (unpaired) electrons. The number of halogens is 2. The predicted molar refractivity (Wildman–Crippen MR) is 124 cm³/mol. The maximum atomic E-state index is 13.5. The van der Waals surface area contributed by atoms with Crippen LogP contribution in [0.2, 0.25) is 0 Å². The summed E-state index contributed by atoms with van der Waals surface area (Å²) in [7, 11) is 0. The molecule has 1 aromatic carbocycles. The molecule has 1 aliphatic heterocycles. The average molecular weight is 418 g/mol. The average Bonchev–Trinajstić information content (AvgIpc) is 2.82. The molecule has 0 fully saturated rings. The molecule has 4 heteroatoms. The highest BCUT2D eigenvalue weighted by Crippen LogP contribution is 2.47. The predicted octanol–water partition coefficient (Wildman–Crippen LogP) is 8.16. The molecular weight excluding hydrogens is 384 g/mol. The molecule has 0 amide bonds. The number of rotatable bonds is 7. The zero-order valence-corrected chi connectivity index (χ0v) is 19.0. The van der Waals surface area contributed by atoms with Gasteiger partial charge in [-0.15, -0.1) is 11.8 Å². The number of benzene rings is 1. The molecule has 0 N–H and O–H groups in total. The van der Waals surface area contributed by atoms with E-state index in [4.69, 9.17) is 4.99 Å². The molecule has 1 aliphatic rings. The minimum absolute atomic E-state index is 0.155. The van der Waals surface area contributed by atoms with Crippen LogP contribution in [0, 0.1) is 5.92 Å². The maximum absolute atomic E-state index is 13.5. The molecule has 1 nitrogen and oxygen atoms in total. The summed E-state index contributed by atoms with van der Waals surface area (Å²) >= 11 is 1.74. The Labute approximate surface area is 179 Å². The van der Waals surface area contributed by atoms with Crippen LogP contribution < -0.4 is 0 Å². The summed E-state index contributed by atoms with van der Waals surface area (Å²) in [5.74, 6) is -0.434. The van der Waals surface area contributed by atoms with E-state index in [1.807, 2.05) is 31.2 Å². The fourth-order valence-electron chi connectivity index (χ4n) is 4.00. The van der Waals surface area contributed by atoms with Crippen molar-refractivity contribution >= 4 is 17.5 Å². The third-order valence-electron chi connectivity index (χ3n) is 5.58. The van der Waals surface area contributed by atoms with Crippen LogP contribution >= 0.6 is 11.8 Å². The number of alkyl halides is 2. The van der Waals surface area contributed by atoms with Crippen molar-refractivity contribution in [1.29, 1.82) is 0 Å². The molecule has 4 atom stereocenters. The lowest BCUT2D eigenvalue weighted by Crippen LogP contribution is -2.25. The molecule has 0 saturated heterocycles. The lowest BCUT2D eigenvalue weighted by atomic mass is 9.81. The van der Waals surface area contributed by atoms with Crippen molar-refractivity contribution in [3.8, 4) is 0 Å². The van der Waals surface area contributed by atoms with Gasteiger partial charge in [0.1, 0.15) is 0 Å². The molecule has 1 heterocycles. The maximum Gasteiger partial charge on any atom is 0.245 e. The third-order valence-corrected chi connectivity index (χ3v) is 7.17. The summed E-state index contributed by atoms with van der Waals surface area (Å²) in [6.07, 6.45) is 3.42. The van der Waals surface area contributed by atoms with E-state index in [1.165, 1.54) is 0 Å². The van der Waals surface area contributed by atoms with Crippen LogP contribution in [0.15, 0.2) is 64.7 Å². The Morgan fingerprint density at radius 3 is 2.59 bits per heavy atom. The summed E-state index contributed by atoms with van der Waals surface area (Å²) in [5.41, 5.74) is 4.69. The monoisotopic (exact) mass is 417 g/mol. The number of nitrogens with zero attached hydrogens (tertiary/aromatic N) is 1. The number of thioether (sulfide) groups is 1. The highest BCUT2D eigenvalue weighted by Gasteiger charge is 2.35. The number of hydrogen-bond donors (Lipinski definition) is 0. The highest BCUT2D eigenvalue weighted by molar-refractivity contribution is 8.00. The summed E-state index contributed by atoms with van der Waals surface area (Å²) in [5, 5.41) is 0.155. The van der Waals surface area contributed by atoms with Crippen molar-refractivity contribution in [2.45, 2.75) is 75.9 Å². The third kappa shape index (κ3) is 5.69. The van der Waals surface area contributed by atoms with Gasteiger partial charge in [-0.05, 0) is 55.9 Å². The minimum atomic E-state index is -2.37. The van der Waals surface area contributed by atoms with E-state index in [0.29, 0.717) is 0 Å². The van der Waals surface area contributed by atoms with E-state index in [9.17, 15) is 8.78 Å². The quantitative estimate of drug-likeness (QED) is 0.248. The molecule has 0 spiro atoms. The Hall–Kier alpha value is -1.68. The largest absolute Gasteiger partial charge is 0.258 e. The molecule has 0 aromatic heterocycles. The second-order valence-electron chi connectivity index (χ2n) is 8.07. The number of allylic oxidation sites excluding steroid dienone is 2. The molecule has 4 unspecified atom stereocenters. The lowest BCUT2D eigenvalue weighted by Gasteiger charge is -2.26. The van der Waals surface area contributed by atoms with Crippen LogP contribution in [0.3, 0.4) is 0 Å². The second-order valence-corrected chi connectivity index (χ2v) is 9.25. The first-order valence-corrected chi connectivity index (χ1v) is 11.2. The fourth-order valence-corrected chi connectivity index (χ4v) is 5.55. The van der Waals surface area contributed by atoms with Crippen molar-refractivity contribution in [1.82, 2.24) is 0 Å². The van der Waals surface area contributed by atoms with Gasteiger partial charge in [-0.2, -0.15) is 0 Å². The SMILES string of the molecule is C=C(/C=C\CC)N=C(C)C1CC(C)c2c(cccc2C(C)C(F)F)SC1C(=C)C. The van der Waals surface area contributed by atoms with Crippen LogP contribution in [0.4, 0.5) is 8.78 Å². The van der Waals surface area contributed by atoms with Gasteiger partial charge < -0.3 is 0 Å². The number of fused-ring (bicyclic) bond motifs is 1. The summed E-state index contributed by atoms with van der Waals surface area (Å²) < 4.78 is 27.0. The van der Waals surface area contributed by atoms with Crippen LogP contribution in [-0.2, 0) is 0 Å². The van der Waals surface area contributed by atoms with Gasteiger partial charge in [-0.3, -0.25) is 4.99 Å².